The Morgan fingerprint density at radius 3 is 2.81 bits per heavy atom. The molecule has 1 saturated heterocycles. The molecule has 4 rings (SSSR count). The van der Waals surface area contributed by atoms with E-state index in [4.69, 9.17) is 0 Å². The second kappa shape index (κ2) is 8.18. The lowest BCUT2D eigenvalue weighted by Crippen LogP contribution is -2.36. The third-order valence-corrected chi connectivity index (χ3v) is 5.06. The molecule has 5 nitrogen and oxygen atoms in total. The maximum Gasteiger partial charge on any atom is 0.244 e. The molecular weight excluding hydrogens is 336 g/mol. The predicted octanol–water partition coefficient (Wildman–Crippen LogP) is 3.53. The Balaban J connectivity index is 1.47. The Labute approximate surface area is 159 Å². The number of likely N-dealkylation sites (tertiary alicyclic amines) is 1. The fourth-order valence-corrected chi connectivity index (χ4v) is 3.64. The van der Waals surface area contributed by atoms with Crippen LogP contribution < -0.4 is 5.32 Å². The standard InChI is InChI=1S/C22H24N4O/c27-21(11-10-18-15-24-22-19(18)9-6-12-23-22)25-20(16-26-13-4-5-14-26)17-7-2-1-3-8-17/h1-3,6-12,15,20H,4-5,13-14,16H2,(H,23,24)(H,25,27)/b11-10+/t20-/m0/s1. The Bertz CT molecular complexity index is 926. The molecule has 27 heavy (non-hydrogen) atoms. The summed E-state index contributed by atoms with van der Waals surface area (Å²) in [5.74, 6) is -0.0821. The number of nitrogens with zero attached hydrogens (tertiary/aromatic N) is 2. The van der Waals surface area contributed by atoms with E-state index in [-0.39, 0.29) is 11.9 Å². The second-order valence-corrected chi connectivity index (χ2v) is 6.96. The summed E-state index contributed by atoms with van der Waals surface area (Å²) in [6.07, 6.45) is 9.55. The topological polar surface area (TPSA) is 61.0 Å². The van der Waals surface area contributed by atoms with Crippen molar-refractivity contribution >= 4 is 23.0 Å². The Kier molecular flexibility index (Phi) is 5.30. The minimum Gasteiger partial charge on any atom is -0.346 e. The molecule has 5 heteroatoms. The molecule has 3 aromatic rings. The van der Waals surface area contributed by atoms with Gasteiger partial charge in [0, 0.05) is 36.0 Å². The maximum absolute atomic E-state index is 12.6. The molecule has 0 spiro atoms. The van der Waals surface area contributed by atoms with Gasteiger partial charge in [0.1, 0.15) is 5.65 Å². The summed E-state index contributed by atoms with van der Waals surface area (Å²) >= 11 is 0. The minimum absolute atomic E-state index is 0.00825. The van der Waals surface area contributed by atoms with E-state index in [1.807, 2.05) is 42.6 Å². The van der Waals surface area contributed by atoms with E-state index in [9.17, 15) is 4.79 Å². The van der Waals surface area contributed by atoms with Crippen molar-refractivity contribution in [1.29, 1.82) is 0 Å². The number of aromatic nitrogens is 2. The predicted molar refractivity (Wildman–Crippen MR) is 108 cm³/mol. The van der Waals surface area contributed by atoms with Gasteiger partial charge in [-0.3, -0.25) is 4.79 Å². The summed E-state index contributed by atoms with van der Waals surface area (Å²) in [4.78, 5) is 22.4. The molecule has 0 radical (unpaired) electrons. The van der Waals surface area contributed by atoms with Gasteiger partial charge >= 0.3 is 0 Å². The molecule has 138 valence electrons. The number of nitrogens with one attached hydrogen (secondary N) is 2. The van der Waals surface area contributed by atoms with Crippen LogP contribution in [0, 0.1) is 0 Å². The highest BCUT2D eigenvalue weighted by molar-refractivity contribution is 5.95. The molecule has 0 bridgehead atoms. The molecule has 2 aromatic heterocycles. The minimum atomic E-state index is -0.0821. The first-order valence-corrected chi connectivity index (χ1v) is 9.47. The summed E-state index contributed by atoms with van der Waals surface area (Å²) in [6, 6.07) is 14.1. The number of amides is 1. The normalized spacial score (nSPS) is 16.1. The third kappa shape index (κ3) is 4.26. The SMILES string of the molecule is O=C(/C=C/c1c[nH]c2ncccc12)N[C@@H](CN1CCCC1)c1ccccc1. The van der Waals surface area contributed by atoms with Crippen molar-refractivity contribution in [3.8, 4) is 0 Å². The van der Waals surface area contributed by atoms with E-state index >= 15 is 0 Å². The van der Waals surface area contributed by atoms with Gasteiger partial charge in [-0.2, -0.15) is 0 Å². The molecule has 1 aromatic carbocycles. The van der Waals surface area contributed by atoms with Crippen molar-refractivity contribution in [2.24, 2.45) is 0 Å². The van der Waals surface area contributed by atoms with Crippen LogP contribution in [-0.4, -0.2) is 40.4 Å². The highest BCUT2D eigenvalue weighted by Gasteiger charge is 2.19. The van der Waals surface area contributed by atoms with E-state index in [0.29, 0.717) is 0 Å². The summed E-state index contributed by atoms with van der Waals surface area (Å²) in [5.41, 5.74) is 2.93. The average Bonchev–Trinajstić information content (AvgIpc) is 3.36. The number of carbonyl (C=O) groups excluding carboxylic acids is 1. The number of hydrogen-bond donors (Lipinski definition) is 2. The van der Waals surface area contributed by atoms with Gasteiger partial charge in [-0.25, -0.2) is 4.98 Å². The summed E-state index contributed by atoms with van der Waals surface area (Å²) in [6.45, 7) is 3.06. The molecule has 1 amide bonds. The zero-order valence-electron chi connectivity index (χ0n) is 15.3. The zero-order chi connectivity index (χ0) is 18.5. The first-order valence-electron chi connectivity index (χ1n) is 9.47. The average molecular weight is 360 g/mol. The third-order valence-electron chi connectivity index (χ3n) is 5.06. The summed E-state index contributed by atoms with van der Waals surface area (Å²) in [7, 11) is 0. The van der Waals surface area contributed by atoms with Crippen LogP contribution in [0.15, 0.2) is 60.9 Å². The molecule has 0 aliphatic carbocycles. The van der Waals surface area contributed by atoms with Crippen LogP contribution in [0.5, 0.6) is 0 Å². The van der Waals surface area contributed by atoms with Crippen molar-refractivity contribution in [3.63, 3.8) is 0 Å². The number of aromatic amines is 1. The summed E-state index contributed by atoms with van der Waals surface area (Å²) < 4.78 is 0. The van der Waals surface area contributed by atoms with E-state index < -0.39 is 0 Å². The molecule has 0 saturated carbocycles. The molecular formula is C22H24N4O. The highest BCUT2D eigenvalue weighted by Crippen LogP contribution is 2.19. The molecule has 2 N–H and O–H groups in total. The van der Waals surface area contributed by atoms with Gasteiger partial charge in [-0.15, -0.1) is 0 Å². The highest BCUT2D eigenvalue weighted by atomic mass is 16.1. The van der Waals surface area contributed by atoms with Gasteiger partial charge in [0.2, 0.25) is 5.91 Å². The molecule has 3 heterocycles. The molecule has 1 atom stereocenters. The number of fused-ring (bicyclic) bond motifs is 1. The van der Waals surface area contributed by atoms with Crippen molar-refractivity contribution in [2.45, 2.75) is 18.9 Å². The second-order valence-electron chi connectivity index (χ2n) is 6.96. The number of H-pyrrole nitrogens is 1. The molecule has 1 aliphatic heterocycles. The van der Waals surface area contributed by atoms with Gasteiger partial charge < -0.3 is 15.2 Å². The zero-order valence-corrected chi connectivity index (χ0v) is 15.3. The fourth-order valence-electron chi connectivity index (χ4n) is 3.64. The first kappa shape index (κ1) is 17.5. The number of hydrogen-bond acceptors (Lipinski definition) is 3. The number of rotatable bonds is 6. The molecule has 1 fully saturated rings. The van der Waals surface area contributed by atoms with Crippen LogP contribution in [0.3, 0.4) is 0 Å². The van der Waals surface area contributed by atoms with Gasteiger partial charge in [-0.1, -0.05) is 30.3 Å². The Morgan fingerprint density at radius 1 is 1.19 bits per heavy atom. The largest absolute Gasteiger partial charge is 0.346 e. The maximum atomic E-state index is 12.6. The summed E-state index contributed by atoms with van der Waals surface area (Å²) in [5, 5.41) is 4.19. The van der Waals surface area contributed by atoms with E-state index in [2.05, 4.69) is 32.3 Å². The van der Waals surface area contributed by atoms with Crippen molar-refractivity contribution in [2.75, 3.05) is 19.6 Å². The Morgan fingerprint density at radius 2 is 2.00 bits per heavy atom. The lowest BCUT2D eigenvalue weighted by molar-refractivity contribution is -0.117. The fraction of sp³-hybridized carbons (Fsp3) is 0.273. The van der Waals surface area contributed by atoms with E-state index in [1.165, 1.54) is 12.8 Å². The van der Waals surface area contributed by atoms with Gasteiger partial charge in [0.05, 0.1) is 6.04 Å². The van der Waals surface area contributed by atoms with Crippen LogP contribution in [0.1, 0.15) is 30.0 Å². The van der Waals surface area contributed by atoms with Crippen LogP contribution in [0.2, 0.25) is 0 Å². The van der Waals surface area contributed by atoms with E-state index in [1.54, 1.807) is 12.3 Å². The van der Waals surface area contributed by atoms with Gasteiger partial charge in [0.25, 0.3) is 0 Å². The van der Waals surface area contributed by atoms with Crippen LogP contribution >= 0.6 is 0 Å². The Hall–Kier alpha value is -2.92. The number of benzene rings is 1. The monoisotopic (exact) mass is 360 g/mol. The van der Waals surface area contributed by atoms with Crippen molar-refractivity contribution in [1.82, 2.24) is 20.2 Å². The van der Waals surface area contributed by atoms with Crippen LogP contribution in [0.4, 0.5) is 0 Å². The smallest absolute Gasteiger partial charge is 0.244 e. The molecule has 1 aliphatic rings. The van der Waals surface area contributed by atoms with Crippen molar-refractivity contribution in [3.05, 3.63) is 72.1 Å². The lowest BCUT2D eigenvalue weighted by Gasteiger charge is -2.24. The molecule has 0 unspecified atom stereocenters. The van der Waals surface area contributed by atoms with Crippen LogP contribution in [0.25, 0.3) is 17.1 Å². The number of carbonyl (C=O) groups is 1. The first-order chi connectivity index (χ1) is 13.3. The van der Waals surface area contributed by atoms with Crippen LogP contribution in [-0.2, 0) is 4.79 Å². The quantitative estimate of drug-likeness (QED) is 0.661. The van der Waals surface area contributed by atoms with Gasteiger partial charge in [0.15, 0.2) is 0 Å². The lowest BCUT2D eigenvalue weighted by atomic mass is 10.1. The van der Waals surface area contributed by atoms with Crippen molar-refractivity contribution < 1.29 is 4.79 Å². The van der Waals surface area contributed by atoms with E-state index in [0.717, 1.165) is 41.8 Å². The van der Waals surface area contributed by atoms with Gasteiger partial charge in [-0.05, 0) is 49.7 Å². The number of pyridine rings is 1.